The van der Waals surface area contributed by atoms with Gasteiger partial charge in [0.1, 0.15) is 5.84 Å². The number of hydrogen-bond donors (Lipinski definition) is 1. The highest BCUT2D eigenvalue weighted by molar-refractivity contribution is 5.96. The molecule has 0 amide bonds. The Kier molecular flexibility index (Phi) is 7.69. The van der Waals surface area contributed by atoms with Crippen molar-refractivity contribution in [3.8, 4) is 0 Å². The first-order chi connectivity index (χ1) is 15.1. The molecule has 0 bridgehead atoms. The van der Waals surface area contributed by atoms with Gasteiger partial charge in [0.05, 0.1) is 5.69 Å². The van der Waals surface area contributed by atoms with Crippen molar-refractivity contribution in [3.63, 3.8) is 0 Å². The third kappa shape index (κ3) is 5.36. The van der Waals surface area contributed by atoms with Gasteiger partial charge < -0.3 is 15.5 Å². The predicted molar refractivity (Wildman–Crippen MR) is 138 cm³/mol. The van der Waals surface area contributed by atoms with Crippen LogP contribution in [0, 0.1) is 5.92 Å². The lowest BCUT2D eigenvalue weighted by Gasteiger charge is -2.59. The monoisotopic (exact) mass is 439 g/mol. The Bertz CT molecular complexity index is 803. The Labute approximate surface area is 196 Å². The number of guanidine groups is 1. The molecule has 5 nitrogen and oxygen atoms in total. The molecule has 3 rings (SSSR count). The van der Waals surface area contributed by atoms with Crippen LogP contribution in [0.15, 0.2) is 34.3 Å². The second-order valence-electron chi connectivity index (χ2n) is 11.1. The van der Waals surface area contributed by atoms with Crippen molar-refractivity contribution >= 4 is 17.5 Å². The molecule has 0 unspecified atom stereocenters. The normalized spacial score (nSPS) is 21.0. The number of piperidine rings is 1. The van der Waals surface area contributed by atoms with E-state index >= 15 is 0 Å². The molecule has 1 heterocycles. The topological polar surface area (TPSA) is 57.2 Å². The molecular weight excluding hydrogens is 394 g/mol. The van der Waals surface area contributed by atoms with Gasteiger partial charge >= 0.3 is 0 Å². The number of aliphatic imine (C=N–C) groups is 2. The van der Waals surface area contributed by atoms with Crippen LogP contribution in [0.5, 0.6) is 0 Å². The van der Waals surface area contributed by atoms with Crippen LogP contribution in [0.4, 0.5) is 5.69 Å². The SMILES string of the molecule is CCC(=NC(N)=Nc1ccc(C2CCN(C)CC2)cc1)N(C(C)(C)C)C1(C(C)C)CCC1. The number of benzene rings is 1. The molecule has 1 aromatic rings. The summed E-state index contributed by atoms with van der Waals surface area (Å²) in [7, 11) is 2.21. The molecule has 1 aliphatic carbocycles. The highest BCUT2D eigenvalue weighted by Crippen LogP contribution is 2.47. The summed E-state index contributed by atoms with van der Waals surface area (Å²) >= 11 is 0. The van der Waals surface area contributed by atoms with E-state index in [4.69, 9.17) is 10.7 Å². The fraction of sp³-hybridized carbons (Fsp3) is 0.704. The van der Waals surface area contributed by atoms with Gasteiger partial charge in [-0.25, -0.2) is 9.98 Å². The van der Waals surface area contributed by atoms with Gasteiger partial charge in [0.25, 0.3) is 0 Å². The van der Waals surface area contributed by atoms with Crippen LogP contribution in [0.3, 0.4) is 0 Å². The summed E-state index contributed by atoms with van der Waals surface area (Å²) in [6, 6.07) is 8.61. The molecule has 2 fully saturated rings. The molecule has 1 saturated carbocycles. The van der Waals surface area contributed by atoms with E-state index in [0.29, 0.717) is 17.8 Å². The lowest BCUT2D eigenvalue weighted by Crippen LogP contribution is -2.65. The van der Waals surface area contributed by atoms with Gasteiger partial charge in [0, 0.05) is 17.5 Å². The number of amidine groups is 1. The van der Waals surface area contributed by atoms with E-state index in [9.17, 15) is 0 Å². The van der Waals surface area contributed by atoms with E-state index in [1.807, 2.05) is 0 Å². The van der Waals surface area contributed by atoms with Crippen LogP contribution < -0.4 is 5.73 Å². The lowest BCUT2D eigenvalue weighted by molar-refractivity contribution is -0.0231. The molecule has 1 aromatic carbocycles. The second kappa shape index (κ2) is 9.94. The van der Waals surface area contributed by atoms with Crippen molar-refractivity contribution in [1.29, 1.82) is 0 Å². The summed E-state index contributed by atoms with van der Waals surface area (Å²) in [5, 5.41) is 0. The number of hydrogen-bond acceptors (Lipinski definition) is 2. The maximum absolute atomic E-state index is 6.37. The van der Waals surface area contributed by atoms with E-state index in [1.54, 1.807) is 0 Å². The summed E-state index contributed by atoms with van der Waals surface area (Å²) in [5.41, 5.74) is 8.81. The van der Waals surface area contributed by atoms with E-state index < -0.39 is 0 Å². The molecule has 2 aliphatic rings. The second-order valence-corrected chi connectivity index (χ2v) is 11.1. The predicted octanol–water partition coefficient (Wildman–Crippen LogP) is 5.93. The van der Waals surface area contributed by atoms with E-state index in [0.717, 1.165) is 17.9 Å². The standard InChI is InChI=1S/C27H45N5/c1-8-24(32(26(4,5)6)27(20(2)3)16-9-17-27)30-25(28)29-23-12-10-21(11-13-23)22-14-18-31(7)19-15-22/h10-13,20,22H,8-9,14-19H2,1-7H3,(H2,28,29). The van der Waals surface area contributed by atoms with Crippen LogP contribution in [0.2, 0.25) is 0 Å². The molecule has 0 radical (unpaired) electrons. The number of likely N-dealkylation sites (tertiary alicyclic amines) is 1. The first-order valence-electron chi connectivity index (χ1n) is 12.6. The van der Waals surface area contributed by atoms with Crippen molar-refractivity contribution in [1.82, 2.24) is 9.80 Å². The van der Waals surface area contributed by atoms with E-state index in [2.05, 4.69) is 87.6 Å². The third-order valence-electron chi connectivity index (χ3n) is 7.55. The van der Waals surface area contributed by atoms with Crippen molar-refractivity contribution in [2.24, 2.45) is 21.6 Å². The number of nitrogens with two attached hydrogens (primary N) is 1. The zero-order chi connectivity index (χ0) is 23.5. The smallest absolute Gasteiger partial charge is 0.222 e. The molecular formula is C27H45N5. The average molecular weight is 440 g/mol. The van der Waals surface area contributed by atoms with Crippen molar-refractivity contribution in [3.05, 3.63) is 29.8 Å². The summed E-state index contributed by atoms with van der Waals surface area (Å²) < 4.78 is 0. The quantitative estimate of drug-likeness (QED) is 0.457. The highest BCUT2D eigenvalue weighted by atomic mass is 15.3. The maximum Gasteiger partial charge on any atom is 0.222 e. The molecule has 0 aromatic heterocycles. The molecule has 178 valence electrons. The van der Waals surface area contributed by atoms with Crippen molar-refractivity contribution in [2.45, 2.75) is 97.1 Å². The Morgan fingerprint density at radius 2 is 1.75 bits per heavy atom. The largest absolute Gasteiger partial charge is 0.368 e. The minimum absolute atomic E-state index is 0.0183. The summed E-state index contributed by atoms with van der Waals surface area (Å²) in [6.07, 6.45) is 7.02. The van der Waals surface area contributed by atoms with Gasteiger partial charge in [-0.2, -0.15) is 0 Å². The van der Waals surface area contributed by atoms with Crippen LogP contribution in [-0.2, 0) is 0 Å². The van der Waals surface area contributed by atoms with Crippen LogP contribution in [-0.4, -0.2) is 52.8 Å². The molecule has 5 heteroatoms. The summed E-state index contributed by atoms with van der Waals surface area (Å²) in [4.78, 5) is 14.5. The van der Waals surface area contributed by atoms with Gasteiger partial charge in [0.15, 0.2) is 0 Å². The van der Waals surface area contributed by atoms with E-state index in [-0.39, 0.29) is 11.1 Å². The molecule has 0 atom stereocenters. The lowest BCUT2D eigenvalue weighted by atomic mass is 9.66. The summed E-state index contributed by atoms with van der Waals surface area (Å²) in [5.74, 6) is 2.62. The molecule has 1 aliphatic heterocycles. The van der Waals surface area contributed by atoms with Crippen LogP contribution in [0.1, 0.15) is 91.5 Å². The minimum atomic E-state index is -0.0183. The van der Waals surface area contributed by atoms with Crippen molar-refractivity contribution < 1.29 is 0 Å². The fourth-order valence-electron chi connectivity index (χ4n) is 5.65. The zero-order valence-electron chi connectivity index (χ0n) is 21.5. The van der Waals surface area contributed by atoms with Gasteiger partial charge in [-0.1, -0.05) is 32.9 Å². The minimum Gasteiger partial charge on any atom is -0.368 e. The Morgan fingerprint density at radius 1 is 1.16 bits per heavy atom. The molecule has 1 saturated heterocycles. The summed E-state index contributed by atoms with van der Waals surface area (Å²) in [6.45, 7) is 16.1. The Morgan fingerprint density at radius 3 is 2.19 bits per heavy atom. The number of nitrogens with zero attached hydrogens (tertiary/aromatic N) is 4. The van der Waals surface area contributed by atoms with Crippen LogP contribution in [0.25, 0.3) is 0 Å². The Hall–Kier alpha value is -1.88. The van der Waals surface area contributed by atoms with Gasteiger partial charge in [0.2, 0.25) is 5.96 Å². The molecule has 0 spiro atoms. The first kappa shape index (κ1) is 24.8. The van der Waals surface area contributed by atoms with Gasteiger partial charge in [-0.15, -0.1) is 0 Å². The Balaban J connectivity index is 1.81. The van der Waals surface area contributed by atoms with Gasteiger partial charge in [-0.05, 0) is 103 Å². The third-order valence-corrected chi connectivity index (χ3v) is 7.55. The maximum atomic E-state index is 6.37. The van der Waals surface area contributed by atoms with Gasteiger partial charge in [-0.3, -0.25) is 0 Å². The molecule has 2 N–H and O–H groups in total. The number of rotatable bonds is 5. The average Bonchev–Trinajstić information content (AvgIpc) is 2.69. The van der Waals surface area contributed by atoms with Crippen molar-refractivity contribution in [2.75, 3.05) is 20.1 Å². The highest BCUT2D eigenvalue weighted by Gasteiger charge is 2.49. The first-order valence-corrected chi connectivity index (χ1v) is 12.6. The fourth-order valence-corrected chi connectivity index (χ4v) is 5.65. The van der Waals surface area contributed by atoms with E-state index in [1.165, 1.54) is 50.8 Å². The zero-order valence-corrected chi connectivity index (χ0v) is 21.5. The van der Waals surface area contributed by atoms with Crippen LogP contribution >= 0.6 is 0 Å². The molecule has 32 heavy (non-hydrogen) atoms.